The van der Waals surface area contributed by atoms with E-state index in [0.29, 0.717) is 36.3 Å². The Kier molecular flexibility index (Phi) is 4.74. The summed E-state index contributed by atoms with van der Waals surface area (Å²) in [4.78, 5) is 18.5. The summed E-state index contributed by atoms with van der Waals surface area (Å²) in [6.07, 6.45) is 0. The molecule has 0 bridgehead atoms. The molecular weight excluding hydrogens is 346 g/mol. The molecule has 0 saturated carbocycles. The number of ether oxygens (including phenoxy) is 2. The first kappa shape index (κ1) is 17.1. The van der Waals surface area contributed by atoms with Crippen LogP contribution in [-0.2, 0) is 4.79 Å². The lowest BCUT2D eigenvalue weighted by Gasteiger charge is -2.36. The molecule has 2 heterocycles. The van der Waals surface area contributed by atoms with Crippen molar-refractivity contribution in [3.8, 4) is 22.9 Å². The average molecular weight is 365 g/mol. The molecule has 0 aliphatic carbocycles. The Morgan fingerprint density at radius 1 is 1.11 bits per heavy atom. The van der Waals surface area contributed by atoms with Gasteiger partial charge < -0.3 is 18.9 Å². The predicted octanol–water partition coefficient (Wildman–Crippen LogP) is 2.75. The normalized spacial score (nSPS) is 13.9. The standard InChI is InChI=1S/C20H19N3O4/c1-25-16-9-5-6-10-17(16)26-13-18(24)23-11-15(12-23)20-21-19(22-27-20)14-7-3-2-4-8-14/h2-10,15H,11-13H2,1H3. The molecule has 7 nitrogen and oxygen atoms in total. The van der Waals surface area contributed by atoms with Crippen LogP contribution >= 0.6 is 0 Å². The second-order valence-corrected chi connectivity index (χ2v) is 6.26. The summed E-state index contributed by atoms with van der Waals surface area (Å²) in [5.74, 6) is 2.25. The smallest absolute Gasteiger partial charge is 0.260 e. The van der Waals surface area contributed by atoms with Gasteiger partial charge in [0.1, 0.15) is 0 Å². The lowest BCUT2D eigenvalue weighted by Crippen LogP contribution is -2.50. The third-order valence-corrected chi connectivity index (χ3v) is 4.48. The fraction of sp³-hybridized carbons (Fsp3) is 0.250. The number of aromatic nitrogens is 2. The van der Waals surface area contributed by atoms with Gasteiger partial charge in [-0.1, -0.05) is 47.6 Å². The monoisotopic (exact) mass is 365 g/mol. The topological polar surface area (TPSA) is 77.7 Å². The fourth-order valence-corrected chi connectivity index (χ4v) is 2.91. The first-order valence-electron chi connectivity index (χ1n) is 8.67. The number of carbonyl (C=O) groups excluding carboxylic acids is 1. The van der Waals surface area contributed by atoms with Gasteiger partial charge >= 0.3 is 0 Å². The molecule has 0 unspecified atom stereocenters. The van der Waals surface area contributed by atoms with Crippen LogP contribution in [0.4, 0.5) is 0 Å². The predicted molar refractivity (Wildman–Crippen MR) is 97.5 cm³/mol. The number of hydrogen-bond donors (Lipinski definition) is 0. The quantitative estimate of drug-likeness (QED) is 0.668. The lowest BCUT2D eigenvalue weighted by molar-refractivity contribution is -0.138. The number of rotatable bonds is 6. The van der Waals surface area contributed by atoms with Gasteiger partial charge in [0, 0.05) is 18.7 Å². The zero-order valence-corrected chi connectivity index (χ0v) is 14.9. The molecule has 1 fully saturated rings. The average Bonchev–Trinajstić information content (AvgIpc) is 3.16. The van der Waals surface area contributed by atoms with Crippen LogP contribution in [0.2, 0.25) is 0 Å². The molecule has 0 spiro atoms. The molecule has 0 atom stereocenters. The second-order valence-electron chi connectivity index (χ2n) is 6.26. The Morgan fingerprint density at radius 3 is 2.56 bits per heavy atom. The molecule has 0 radical (unpaired) electrons. The Bertz CT molecular complexity index is 920. The molecule has 138 valence electrons. The molecule has 1 aliphatic heterocycles. The summed E-state index contributed by atoms with van der Waals surface area (Å²) in [6, 6.07) is 16.9. The largest absolute Gasteiger partial charge is 0.493 e. The molecule has 7 heteroatoms. The van der Waals surface area contributed by atoms with E-state index in [1.807, 2.05) is 42.5 Å². The minimum atomic E-state index is -0.0834. The molecule has 1 aliphatic rings. The van der Waals surface area contributed by atoms with Crippen molar-refractivity contribution in [1.29, 1.82) is 0 Å². The van der Waals surface area contributed by atoms with E-state index in [9.17, 15) is 4.79 Å². The maximum absolute atomic E-state index is 12.3. The highest BCUT2D eigenvalue weighted by Gasteiger charge is 2.35. The van der Waals surface area contributed by atoms with Gasteiger partial charge in [-0.25, -0.2) is 0 Å². The van der Waals surface area contributed by atoms with Crippen molar-refractivity contribution >= 4 is 5.91 Å². The van der Waals surface area contributed by atoms with Crippen LogP contribution < -0.4 is 9.47 Å². The summed E-state index contributed by atoms with van der Waals surface area (Å²) >= 11 is 0. The first-order valence-corrected chi connectivity index (χ1v) is 8.67. The van der Waals surface area contributed by atoms with Crippen LogP contribution in [0.5, 0.6) is 11.5 Å². The van der Waals surface area contributed by atoms with Gasteiger partial charge in [-0.05, 0) is 12.1 Å². The molecule has 0 N–H and O–H groups in total. The maximum Gasteiger partial charge on any atom is 0.260 e. The van der Waals surface area contributed by atoms with Crippen molar-refractivity contribution in [2.75, 3.05) is 26.8 Å². The maximum atomic E-state index is 12.3. The van der Waals surface area contributed by atoms with Crippen LogP contribution in [0.15, 0.2) is 59.1 Å². The van der Waals surface area contributed by atoms with Crippen molar-refractivity contribution < 1.29 is 18.8 Å². The summed E-state index contributed by atoms with van der Waals surface area (Å²) < 4.78 is 16.2. The van der Waals surface area contributed by atoms with Crippen molar-refractivity contribution in [3.63, 3.8) is 0 Å². The van der Waals surface area contributed by atoms with Gasteiger partial charge in [0.15, 0.2) is 18.1 Å². The number of methoxy groups -OCH3 is 1. The Labute approximate surface area is 156 Å². The SMILES string of the molecule is COc1ccccc1OCC(=O)N1CC(c2nc(-c3ccccc3)no2)C1. The number of benzene rings is 2. The molecule has 1 aromatic heterocycles. The third kappa shape index (κ3) is 3.62. The Hall–Kier alpha value is -3.35. The number of nitrogens with zero attached hydrogens (tertiary/aromatic N) is 3. The van der Waals surface area contributed by atoms with Crippen molar-refractivity contribution in [3.05, 3.63) is 60.5 Å². The van der Waals surface area contributed by atoms with Crippen molar-refractivity contribution in [2.24, 2.45) is 0 Å². The van der Waals surface area contributed by atoms with E-state index >= 15 is 0 Å². The number of amides is 1. The van der Waals surface area contributed by atoms with E-state index in [-0.39, 0.29) is 18.4 Å². The molecule has 27 heavy (non-hydrogen) atoms. The zero-order valence-electron chi connectivity index (χ0n) is 14.9. The zero-order chi connectivity index (χ0) is 18.6. The summed E-state index contributed by atoms with van der Waals surface area (Å²) in [7, 11) is 1.57. The highest BCUT2D eigenvalue weighted by molar-refractivity contribution is 5.79. The second kappa shape index (κ2) is 7.49. The minimum absolute atomic E-state index is 0.0355. The fourth-order valence-electron chi connectivity index (χ4n) is 2.91. The molecule has 4 rings (SSSR count). The van der Waals surface area contributed by atoms with Crippen molar-refractivity contribution in [2.45, 2.75) is 5.92 Å². The van der Waals surface area contributed by atoms with Crippen molar-refractivity contribution in [1.82, 2.24) is 15.0 Å². The van der Waals surface area contributed by atoms with Crippen LogP contribution in [0, 0.1) is 0 Å². The van der Waals surface area contributed by atoms with E-state index in [0.717, 1.165) is 5.56 Å². The summed E-state index contributed by atoms with van der Waals surface area (Å²) in [5, 5.41) is 4.03. The van der Waals surface area contributed by atoms with E-state index < -0.39 is 0 Å². The van der Waals surface area contributed by atoms with Gasteiger partial charge in [0.25, 0.3) is 5.91 Å². The molecule has 3 aromatic rings. The van der Waals surface area contributed by atoms with Gasteiger partial charge in [-0.2, -0.15) is 4.98 Å². The van der Waals surface area contributed by atoms with E-state index in [4.69, 9.17) is 14.0 Å². The molecule has 1 amide bonds. The molecule has 2 aromatic carbocycles. The van der Waals surface area contributed by atoms with Crippen LogP contribution in [0.1, 0.15) is 11.8 Å². The van der Waals surface area contributed by atoms with E-state index in [1.54, 1.807) is 24.1 Å². The number of likely N-dealkylation sites (tertiary alicyclic amines) is 1. The highest BCUT2D eigenvalue weighted by Crippen LogP contribution is 2.29. The third-order valence-electron chi connectivity index (χ3n) is 4.48. The van der Waals surface area contributed by atoms with E-state index in [1.165, 1.54) is 0 Å². The first-order chi connectivity index (χ1) is 13.2. The highest BCUT2D eigenvalue weighted by atomic mass is 16.5. The lowest BCUT2D eigenvalue weighted by atomic mass is 10.0. The Morgan fingerprint density at radius 2 is 1.81 bits per heavy atom. The number of carbonyl (C=O) groups is 1. The number of para-hydroxylation sites is 2. The minimum Gasteiger partial charge on any atom is -0.493 e. The van der Waals surface area contributed by atoms with Gasteiger partial charge in [-0.3, -0.25) is 4.79 Å². The van der Waals surface area contributed by atoms with Gasteiger partial charge in [-0.15, -0.1) is 0 Å². The van der Waals surface area contributed by atoms with Crippen LogP contribution in [-0.4, -0.2) is 47.8 Å². The summed E-state index contributed by atoms with van der Waals surface area (Å²) in [6.45, 7) is 1.06. The Balaban J connectivity index is 1.30. The molecular formula is C20H19N3O4. The van der Waals surface area contributed by atoms with Gasteiger partial charge in [0.2, 0.25) is 11.7 Å². The summed E-state index contributed by atoms with van der Waals surface area (Å²) in [5.41, 5.74) is 0.907. The van der Waals surface area contributed by atoms with E-state index in [2.05, 4.69) is 10.1 Å². The molecule has 1 saturated heterocycles. The number of hydrogen-bond acceptors (Lipinski definition) is 6. The van der Waals surface area contributed by atoms with Gasteiger partial charge in [0.05, 0.1) is 13.0 Å². The van der Waals surface area contributed by atoms with Crippen LogP contribution in [0.25, 0.3) is 11.4 Å². The van der Waals surface area contributed by atoms with Crippen LogP contribution in [0.3, 0.4) is 0 Å².